The highest BCUT2D eigenvalue weighted by Gasteiger charge is 2.40. The highest BCUT2D eigenvalue weighted by atomic mass is 35.5. The first-order valence-electron chi connectivity index (χ1n) is 18.2. The number of fused-ring (bicyclic) bond motifs is 4. The van der Waals surface area contributed by atoms with Crippen molar-refractivity contribution in [2.45, 2.75) is 89.6 Å². The van der Waals surface area contributed by atoms with Crippen LogP contribution in [0.25, 0.3) is 32.9 Å². The van der Waals surface area contributed by atoms with Gasteiger partial charge < -0.3 is 20.3 Å². The lowest BCUT2D eigenvalue weighted by Crippen LogP contribution is -2.31. The number of likely N-dealkylation sites (tertiary alicyclic amines) is 1. The fourth-order valence-electron chi connectivity index (χ4n) is 7.98. The van der Waals surface area contributed by atoms with E-state index < -0.39 is 5.82 Å². The Kier molecular flexibility index (Phi) is 10.3. The number of carbonyl (C=O) groups excluding carboxylic acids is 1. The fraction of sp³-hybridized carbons (Fsp3) is 0.500. The highest BCUT2D eigenvalue weighted by molar-refractivity contribution is 6.43. The third-order valence-electron chi connectivity index (χ3n) is 11.4. The van der Waals surface area contributed by atoms with E-state index in [2.05, 4.69) is 33.5 Å². The normalized spacial score (nSPS) is 22.6. The molecule has 10 rings (SSSR count). The summed E-state index contributed by atoms with van der Waals surface area (Å²) in [7, 11) is 0. The van der Waals surface area contributed by atoms with Crippen LogP contribution in [-0.2, 0) is 11.2 Å². The zero-order chi connectivity index (χ0) is 35.9. The molecule has 3 saturated heterocycles. The summed E-state index contributed by atoms with van der Waals surface area (Å²) in [6.07, 6.45) is 10.2. The first-order chi connectivity index (χ1) is 24.7. The van der Waals surface area contributed by atoms with Gasteiger partial charge in [0.1, 0.15) is 5.52 Å². The van der Waals surface area contributed by atoms with E-state index >= 15 is 4.39 Å². The van der Waals surface area contributed by atoms with Crippen molar-refractivity contribution in [2.75, 3.05) is 19.7 Å². The van der Waals surface area contributed by atoms with Crippen LogP contribution < -0.4 is 5.32 Å². The second-order valence-electron chi connectivity index (χ2n) is 14.9. The van der Waals surface area contributed by atoms with Crippen molar-refractivity contribution in [1.82, 2.24) is 20.2 Å². The van der Waals surface area contributed by atoms with Gasteiger partial charge in [0, 0.05) is 58.2 Å². The van der Waals surface area contributed by atoms with Crippen molar-refractivity contribution in [1.29, 1.82) is 10.5 Å². The molecule has 8 nitrogen and oxygen atoms in total. The number of pyridine rings is 1. The zero-order valence-electron chi connectivity index (χ0n) is 28.9. The maximum atomic E-state index is 16.3. The summed E-state index contributed by atoms with van der Waals surface area (Å²) in [6.45, 7) is 3.99. The third-order valence-corrected chi connectivity index (χ3v) is 12.2. The minimum atomic E-state index is -0.484. The van der Waals surface area contributed by atoms with Crippen molar-refractivity contribution in [3.8, 4) is 23.3 Å². The molecule has 1 amide bonds. The Bertz CT molecular complexity index is 2040. The number of aliphatic hydroxyl groups is 1. The minimum Gasteiger partial charge on any atom is -0.395 e. The molecule has 51 heavy (non-hydrogen) atoms. The molecule has 2 bridgehead atoms. The van der Waals surface area contributed by atoms with E-state index in [-0.39, 0.29) is 46.8 Å². The van der Waals surface area contributed by atoms with Crippen molar-refractivity contribution >= 4 is 50.9 Å². The first kappa shape index (κ1) is 35.7. The van der Waals surface area contributed by atoms with Gasteiger partial charge in [-0.05, 0) is 101 Å². The van der Waals surface area contributed by atoms with Crippen LogP contribution in [0.5, 0.6) is 0 Å². The number of aliphatic hydroxyl groups excluding tert-OH is 1. The molecule has 11 heteroatoms. The summed E-state index contributed by atoms with van der Waals surface area (Å²) >= 11 is 12.8. The molecule has 6 aliphatic rings. The summed E-state index contributed by atoms with van der Waals surface area (Å²) in [5.41, 5.74) is 3.84. The van der Waals surface area contributed by atoms with Crippen LogP contribution in [-0.4, -0.2) is 51.6 Å². The molecule has 2 aromatic carbocycles. The Balaban J connectivity index is 0.000000238. The van der Waals surface area contributed by atoms with E-state index in [1.54, 1.807) is 18.2 Å². The Morgan fingerprint density at radius 2 is 1.92 bits per heavy atom. The molecule has 2 aromatic heterocycles. The quantitative estimate of drug-likeness (QED) is 0.182. The molecule has 266 valence electrons. The van der Waals surface area contributed by atoms with Crippen LogP contribution in [0.15, 0.2) is 30.3 Å². The lowest BCUT2D eigenvalue weighted by atomic mass is 9.71. The molecule has 3 N–H and O–H groups in total. The monoisotopic (exact) mass is 728 g/mol. The predicted molar refractivity (Wildman–Crippen MR) is 198 cm³/mol. The van der Waals surface area contributed by atoms with E-state index in [4.69, 9.17) is 33.6 Å². The lowest BCUT2D eigenvalue weighted by molar-refractivity contribution is -0.133. The Morgan fingerprint density at radius 3 is 2.49 bits per heavy atom. The lowest BCUT2D eigenvalue weighted by Gasteiger charge is -2.32. The molecule has 1 unspecified atom stereocenters. The Morgan fingerprint density at radius 1 is 1.14 bits per heavy atom. The van der Waals surface area contributed by atoms with Crippen LogP contribution in [0.2, 0.25) is 10.0 Å². The van der Waals surface area contributed by atoms with Crippen molar-refractivity contribution in [3.05, 3.63) is 63.1 Å². The molecule has 4 aromatic rings. The van der Waals surface area contributed by atoms with Crippen LogP contribution in [0.1, 0.15) is 87.2 Å². The van der Waals surface area contributed by atoms with Gasteiger partial charge in [0.15, 0.2) is 5.82 Å². The number of aryl methyl sites for hydroxylation is 2. The number of amides is 1. The third kappa shape index (κ3) is 6.94. The molecular weight excluding hydrogens is 686 g/mol. The van der Waals surface area contributed by atoms with Gasteiger partial charge in [-0.15, -0.1) is 0 Å². The van der Waals surface area contributed by atoms with E-state index in [1.165, 1.54) is 19.4 Å². The minimum absolute atomic E-state index is 0.0117. The number of aromatic nitrogens is 2. The number of hydrogen-bond acceptors (Lipinski definition) is 6. The SMILES string of the molecule is C1NC2CC1C2.Cc1nc2c(F)c(-c3cccc(Cl)c3Cl)c(CCC#N)cc2c2[nH]c(C3CCCN3C(=O)C3CC3)cc12.N#CC1(CO)CCC1. The molecule has 3 aliphatic carbocycles. The van der Waals surface area contributed by atoms with E-state index in [0.29, 0.717) is 39.2 Å². The summed E-state index contributed by atoms with van der Waals surface area (Å²) in [4.78, 5) is 23.1. The van der Waals surface area contributed by atoms with Crippen LogP contribution in [0.3, 0.4) is 0 Å². The largest absolute Gasteiger partial charge is 0.395 e. The molecule has 3 saturated carbocycles. The topological polar surface area (TPSA) is 129 Å². The van der Waals surface area contributed by atoms with Gasteiger partial charge in [0.2, 0.25) is 5.91 Å². The number of aromatic amines is 1. The molecule has 0 spiro atoms. The standard InChI is InChI=1S/C29H25Cl2FN4O.C6H9NO.C5H9N/c1-15-19-14-22(23-8-4-12-36(23)29(37)16-9-10-16)35-27(19)20-13-17(5-3-11-33)24(26(32)28(20)34-15)18-6-2-7-21(30)25(18)31;7-4-6(5-8)2-1-3-6;1-4-2-5(1)6-3-4/h2,6-7,13-14,16,23,35H,3-5,8-10,12H2,1H3;8H,1-3,5H2;4-6H,1-3H2. The first-order valence-corrected chi connectivity index (χ1v) is 18.9. The maximum absolute atomic E-state index is 16.3. The average Bonchev–Trinajstić information content (AvgIpc) is 3.50. The number of H-pyrrole nitrogens is 1. The Labute approximate surface area is 307 Å². The number of carbonyl (C=O) groups is 1. The smallest absolute Gasteiger partial charge is 0.226 e. The van der Waals surface area contributed by atoms with Crippen LogP contribution >= 0.6 is 23.2 Å². The van der Waals surface area contributed by atoms with Crippen molar-refractivity contribution in [2.24, 2.45) is 17.3 Å². The average molecular weight is 730 g/mol. The molecule has 3 aliphatic heterocycles. The maximum Gasteiger partial charge on any atom is 0.226 e. The van der Waals surface area contributed by atoms with E-state index in [9.17, 15) is 10.1 Å². The molecule has 6 fully saturated rings. The number of nitrogens with one attached hydrogen (secondary N) is 2. The van der Waals surface area contributed by atoms with E-state index in [1.807, 2.05) is 17.9 Å². The van der Waals surface area contributed by atoms with Gasteiger partial charge in [-0.2, -0.15) is 10.5 Å². The fourth-order valence-corrected chi connectivity index (χ4v) is 8.37. The van der Waals surface area contributed by atoms with Gasteiger partial charge in [-0.1, -0.05) is 41.8 Å². The van der Waals surface area contributed by atoms with Crippen LogP contribution in [0.4, 0.5) is 4.39 Å². The van der Waals surface area contributed by atoms with Gasteiger partial charge in [0.25, 0.3) is 0 Å². The summed E-state index contributed by atoms with van der Waals surface area (Å²) in [5.74, 6) is 1.01. The number of hydrogen-bond donors (Lipinski definition) is 3. The van der Waals surface area contributed by atoms with Crippen LogP contribution in [0, 0.1) is 52.7 Å². The number of rotatable bonds is 6. The number of nitrogens with zero attached hydrogens (tertiary/aromatic N) is 4. The summed E-state index contributed by atoms with van der Waals surface area (Å²) in [6, 6.07) is 14.3. The van der Waals surface area contributed by atoms with E-state index in [0.717, 1.165) is 80.0 Å². The highest BCUT2D eigenvalue weighted by Crippen LogP contribution is 2.43. The molecule has 0 radical (unpaired) electrons. The number of halogens is 3. The second kappa shape index (κ2) is 14.7. The molecule has 1 atom stereocenters. The summed E-state index contributed by atoms with van der Waals surface area (Å²) in [5, 5.41) is 31.9. The molecule has 5 heterocycles. The van der Waals surface area contributed by atoms with Gasteiger partial charge in [-0.25, -0.2) is 9.37 Å². The summed E-state index contributed by atoms with van der Waals surface area (Å²) < 4.78 is 16.3. The van der Waals surface area contributed by atoms with Crippen molar-refractivity contribution < 1.29 is 14.3 Å². The number of benzene rings is 2. The predicted octanol–water partition coefficient (Wildman–Crippen LogP) is 8.71. The number of nitriles is 2. The van der Waals surface area contributed by atoms with Gasteiger partial charge in [0.05, 0.1) is 45.8 Å². The second-order valence-corrected chi connectivity index (χ2v) is 15.7. The zero-order valence-corrected chi connectivity index (χ0v) is 30.4. The van der Waals surface area contributed by atoms with Crippen molar-refractivity contribution in [3.63, 3.8) is 0 Å². The van der Waals surface area contributed by atoms with Gasteiger partial charge >= 0.3 is 0 Å². The van der Waals surface area contributed by atoms with Gasteiger partial charge in [-0.3, -0.25) is 4.79 Å². The molecular formula is C40H43Cl2FN6O2. The Hall–Kier alpha value is -3.73.